The number of carbonyl (C=O) groups excluding carboxylic acids is 1. The van der Waals surface area contributed by atoms with Crippen LogP contribution in [-0.4, -0.2) is 28.9 Å². The molecule has 0 heterocycles. The quantitative estimate of drug-likeness (QED) is 0.723. The van der Waals surface area contributed by atoms with E-state index in [-0.39, 0.29) is 5.91 Å². The van der Waals surface area contributed by atoms with Crippen molar-refractivity contribution in [1.82, 2.24) is 4.90 Å². The van der Waals surface area contributed by atoms with Gasteiger partial charge in [0.05, 0.1) is 5.54 Å². The molecule has 0 spiro atoms. The lowest BCUT2D eigenvalue weighted by Crippen LogP contribution is -2.55. The van der Waals surface area contributed by atoms with Crippen LogP contribution in [0.15, 0.2) is 12.7 Å². The Morgan fingerprint density at radius 2 is 2.12 bits per heavy atom. The lowest BCUT2D eigenvalue weighted by molar-refractivity contribution is -0.138. The molecule has 0 aliphatic heterocycles. The minimum Gasteiger partial charge on any atom is -0.334 e. The van der Waals surface area contributed by atoms with E-state index in [1.807, 2.05) is 11.8 Å². The normalized spacial score (nSPS) is 19.9. The Bertz CT molecular complexity index is 267. The van der Waals surface area contributed by atoms with Gasteiger partial charge in [0.1, 0.15) is 0 Å². The van der Waals surface area contributed by atoms with E-state index in [1.165, 1.54) is 12.8 Å². The number of nitrogens with two attached hydrogens (primary N) is 1. The second-order valence-electron chi connectivity index (χ2n) is 5.35. The summed E-state index contributed by atoms with van der Waals surface area (Å²) in [5, 5.41) is 0. The molecule has 0 aromatic carbocycles. The highest BCUT2D eigenvalue weighted by Gasteiger charge is 2.35. The second kappa shape index (κ2) is 6.20. The smallest absolute Gasteiger partial charge is 0.242 e. The Labute approximate surface area is 105 Å². The number of nitrogens with zero attached hydrogens (tertiary/aromatic N) is 1. The maximum atomic E-state index is 12.5. The molecule has 3 heteroatoms. The molecule has 0 aromatic heterocycles. The Kier molecular flexibility index (Phi) is 5.19. The molecule has 1 aliphatic rings. The summed E-state index contributed by atoms with van der Waals surface area (Å²) in [5.41, 5.74) is 5.42. The Balaban J connectivity index is 2.74. The van der Waals surface area contributed by atoms with Crippen molar-refractivity contribution in [3.05, 3.63) is 12.7 Å². The van der Waals surface area contributed by atoms with Crippen LogP contribution in [0.5, 0.6) is 0 Å². The first-order chi connectivity index (χ1) is 8.03. The van der Waals surface area contributed by atoms with Crippen molar-refractivity contribution in [2.75, 3.05) is 6.54 Å². The number of carbonyl (C=O) groups is 1. The molecule has 2 N–H and O–H groups in total. The van der Waals surface area contributed by atoms with Gasteiger partial charge in [0.15, 0.2) is 0 Å². The Hall–Kier alpha value is -0.830. The molecule has 17 heavy (non-hydrogen) atoms. The fraction of sp³-hybridized carbons (Fsp3) is 0.786. The summed E-state index contributed by atoms with van der Waals surface area (Å²) in [6.07, 6.45) is 8.15. The first-order valence-electron chi connectivity index (χ1n) is 6.73. The zero-order valence-electron chi connectivity index (χ0n) is 11.2. The van der Waals surface area contributed by atoms with Crippen molar-refractivity contribution in [2.45, 2.75) is 64.0 Å². The summed E-state index contributed by atoms with van der Waals surface area (Å²) >= 11 is 0. The van der Waals surface area contributed by atoms with Crippen LogP contribution in [0, 0.1) is 0 Å². The van der Waals surface area contributed by atoms with E-state index in [2.05, 4.69) is 13.5 Å². The first-order valence-corrected chi connectivity index (χ1v) is 6.73. The second-order valence-corrected chi connectivity index (χ2v) is 5.35. The van der Waals surface area contributed by atoms with Gasteiger partial charge in [-0.05, 0) is 26.2 Å². The lowest BCUT2D eigenvalue weighted by atomic mass is 9.94. The summed E-state index contributed by atoms with van der Waals surface area (Å²) < 4.78 is 0. The maximum absolute atomic E-state index is 12.5. The minimum absolute atomic E-state index is 0.0890. The molecule has 1 rings (SSSR count). The van der Waals surface area contributed by atoms with E-state index in [4.69, 9.17) is 5.73 Å². The summed E-state index contributed by atoms with van der Waals surface area (Å²) in [5.74, 6) is 0.0890. The van der Waals surface area contributed by atoms with Crippen LogP contribution < -0.4 is 5.73 Å². The molecule has 0 bridgehead atoms. The van der Waals surface area contributed by atoms with Gasteiger partial charge in [0, 0.05) is 12.6 Å². The molecule has 0 saturated heterocycles. The fourth-order valence-corrected chi connectivity index (χ4v) is 2.71. The molecule has 1 fully saturated rings. The van der Waals surface area contributed by atoms with Crippen LogP contribution in [0.25, 0.3) is 0 Å². The molecule has 0 radical (unpaired) electrons. The summed E-state index contributed by atoms with van der Waals surface area (Å²) in [7, 11) is 0. The van der Waals surface area contributed by atoms with E-state index in [1.54, 1.807) is 6.08 Å². The van der Waals surface area contributed by atoms with Crippen molar-refractivity contribution < 1.29 is 4.79 Å². The molecule has 1 atom stereocenters. The Morgan fingerprint density at radius 1 is 1.53 bits per heavy atom. The highest BCUT2D eigenvalue weighted by Crippen LogP contribution is 2.26. The van der Waals surface area contributed by atoms with Gasteiger partial charge in [0.2, 0.25) is 5.91 Å². The molecule has 0 aromatic rings. The Morgan fingerprint density at radius 3 is 2.59 bits per heavy atom. The van der Waals surface area contributed by atoms with Crippen molar-refractivity contribution in [2.24, 2.45) is 5.73 Å². The third-order valence-electron chi connectivity index (χ3n) is 3.61. The molecule has 1 unspecified atom stereocenters. The van der Waals surface area contributed by atoms with Crippen LogP contribution in [0.4, 0.5) is 0 Å². The third kappa shape index (κ3) is 3.56. The average Bonchev–Trinajstić information content (AvgIpc) is 2.78. The van der Waals surface area contributed by atoms with Gasteiger partial charge in [-0.3, -0.25) is 4.79 Å². The van der Waals surface area contributed by atoms with Crippen molar-refractivity contribution in [3.63, 3.8) is 0 Å². The number of amides is 1. The maximum Gasteiger partial charge on any atom is 0.242 e. The van der Waals surface area contributed by atoms with E-state index in [9.17, 15) is 4.79 Å². The standard InChI is InChI=1S/C14H26N2O/c1-4-10-14(3,15)13(17)16(11-5-2)12-8-6-7-9-12/h5,12H,2,4,6-11,15H2,1,3H3. The summed E-state index contributed by atoms with van der Waals surface area (Å²) in [4.78, 5) is 14.4. The van der Waals surface area contributed by atoms with E-state index in [0.717, 1.165) is 25.7 Å². The van der Waals surface area contributed by atoms with Crippen LogP contribution in [0.3, 0.4) is 0 Å². The van der Waals surface area contributed by atoms with Crippen LogP contribution in [0.1, 0.15) is 52.4 Å². The summed E-state index contributed by atoms with van der Waals surface area (Å²) in [6, 6.07) is 0.375. The molecule has 1 amide bonds. The molecular weight excluding hydrogens is 212 g/mol. The van der Waals surface area contributed by atoms with E-state index < -0.39 is 5.54 Å². The van der Waals surface area contributed by atoms with Crippen molar-refractivity contribution >= 4 is 5.91 Å². The van der Waals surface area contributed by atoms with Gasteiger partial charge >= 0.3 is 0 Å². The van der Waals surface area contributed by atoms with Gasteiger partial charge in [-0.25, -0.2) is 0 Å². The largest absolute Gasteiger partial charge is 0.334 e. The van der Waals surface area contributed by atoms with Crippen LogP contribution in [0.2, 0.25) is 0 Å². The predicted octanol–water partition coefficient (Wildman–Crippen LogP) is 2.46. The first kappa shape index (κ1) is 14.2. The van der Waals surface area contributed by atoms with Gasteiger partial charge in [0.25, 0.3) is 0 Å². The zero-order valence-corrected chi connectivity index (χ0v) is 11.2. The van der Waals surface area contributed by atoms with Crippen molar-refractivity contribution in [1.29, 1.82) is 0 Å². The highest BCUT2D eigenvalue weighted by molar-refractivity contribution is 5.86. The minimum atomic E-state index is -0.722. The number of rotatable bonds is 6. The average molecular weight is 238 g/mol. The number of hydrogen-bond acceptors (Lipinski definition) is 2. The molecular formula is C14H26N2O. The SMILES string of the molecule is C=CCN(C(=O)C(C)(N)CCC)C1CCCC1. The molecule has 1 saturated carbocycles. The molecule has 1 aliphatic carbocycles. The highest BCUT2D eigenvalue weighted by atomic mass is 16.2. The number of hydrogen-bond donors (Lipinski definition) is 1. The monoisotopic (exact) mass is 238 g/mol. The van der Waals surface area contributed by atoms with Gasteiger partial charge in [-0.1, -0.05) is 32.3 Å². The van der Waals surface area contributed by atoms with Crippen LogP contribution in [-0.2, 0) is 4.79 Å². The van der Waals surface area contributed by atoms with Gasteiger partial charge in [-0.15, -0.1) is 6.58 Å². The molecule has 98 valence electrons. The van der Waals surface area contributed by atoms with Gasteiger partial charge < -0.3 is 10.6 Å². The summed E-state index contributed by atoms with van der Waals surface area (Å²) in [6.45, 7) is 8.28. The van der Waals surface area contributed by atoms with Crippen LogP contribution >= 0.6 is 0 Å². The fourth-order valence-electron chi connectivity index (χ4n) is 2.71. The zero-order chi connectivity index (χ0) is 12.9. The topological polar surface area (TPSA) is 46.3 Å². The van der Waals surface area contributed by atoms with E-state index in [0.29, 0.717) is 12.6 Å². The third-order valence-corrected chi connectivity index (χ3v) is 3.61. The van der Waals surface area contributed by atoms with Gasteiger partial charge in [-0.2, -0.15) is 0 Å². The predicted molar refractivity (Wildman–Crippen MR) is 71.7 cm³/mol. The van der Waals surface area contributed by atoms with Crippen molar-refractivity contribution in [3.8, 4) is 0 Å². The van der Waals surface area contributed by atoms with E-state index >= 15 is 0 Å². The lowest BCUT2D eigenvalue weighted by Gasteiger charge is -2.35. The molecule has 3 nitrogen and oxygen atoms in total.